The fraction of sp³-hybridized carbons (Fsp3) is 0.231. The number of aromatic nitrogens is 3. The Bertz CT molecular complexity index is 704. The fourth-order valence-electron chi connectivity index (χ4n) is 1.87. The number of fused-ring (bicyclic) bond motifs is 1. The van der Waals surface area contributed by atoms with Crippen LogP contribution in [0.3, 0.4) is 0 Å². The molecule has 0 spiro atoms. The average Bonchev–Trinajstić information content (AvgIpc) is 2.95. The molecular formula is C13H13FN4S. The lowest BCUT2D eigenvalue weighted by atomic mass is 10.3. The third kappa shape index (κ3) is 2.73. The SMILES string of the molecule is Cn1ccc(CCNc2nc3ccc(F)cc3s2)n1. The van der Waals surface area contributed by atoms with Crippen molar-refractivity contribution >= 4 is 26.7 Å². The van der Waals surface area contributed by atoms with Crippen LogP contribution < -0.4 is 5.32 Å². The fourth-order valence-corrected chi connectivity index (χ4v) is 2.78. The van der Waals surface area contributed by atoms with Crippen molar-refractivity contribution < 1.29 is 4.39 Å². The normalized spacial score (nSPS) is 11.1. The van der Waals surface area contributed by atoms with Crippen molar-refractivity contribution in [1.29, 1.82) is 0 Å². The number of halogens is 1. The summed E-state index contributed by atoms with van der Waals surface area (Å²) in [4.78, 5) is 4.41. The molecule has 0 bridgehead atoms. The predicted molar refractivity (Wildman–Crippen MR) is 75.0 cm³/mol. The molecule has 0 amide bonds. The van der Waals surface area contributed by atoms with Crippen LogP contribution in [0.4, 0.5) is 9.52 Å². The average molecular weight is 276 g/mol. The van der Waals surface area contributed by atoms with Gasteiger partial charge in [0.1, 0.15) is 5.82 Å². The smallest absolute Gasteiger partial charge is 0.183 e. The first-order valence-corrected chi connectivity index (χ1v) is 6.81. The minimum Gasteiger partial charge on any atom is -0.361 e. The van der Waals surface area contributed by atoms with E-state index in [0.29, 0.717) is 0 Å². The van der Waals surface area contributed by atoms with Gasteiger partial charge in [-0.3, -0.25) is 4.68 Å². The minimum absolute atomic E-state index is 0.226. The van der Waals surface area contributed by atoms with Crippen molar-refractivity contribution in [2.75, 3.05) is 11.9 Å². The van der Waals surface area contributed by atoms with E-state index in [1.54, 1.807) is 10.7 Å². The van der Waals surface area contributed by atoms with Crippen molar-refractivity contribution in [3.8, 4) is 0 Å². The van der Waals surface area contributed by atoms with Crippen LogP contribution in [0, 0.1) is 5.82 Å². The van der Waals surface area contributed by atoms with E-state index < -0.39 is 0 Å². The summed E-state index contributed by atoms with van der Waals surface area (Å²) in [5.74, 6) is -0.226. The lowest BCUT2D eigenvalue weighted by Gasteiger charge is -1.99. The Morgan fingerprint density at radius 2 is 2.26 bits per heavy atom. The molecule has 0 fully saturated rings. The Hall–Kier alpha value is -1.95. The maximum atomic E-state index is 13.1. The molecule has 0 saturated heterocycles. The van der Waals surface area contributed by atoms with E-state index in [-0.39, 0.29) is 5.82 Å². The van der Waals surface area contributed by atoms with Gasteiger partial charge < -0.3 is 5.32 Å². The highest BCUT2D eigenvalue weighted by atomic mass is 32.1. The topological polar surface area (TPSA) is 42.7 Å². The molecule has 6 heteroatoms. The van der Waals surface area contributed by atoms with Gasteiger partial charge in [0, 0.05) is 26.2 Å². The zero-order chi connectivity index (χ0) is 13.2. The van der Waals surface area contributed by atoms with Crippen molar-refractivity contribution in [3.05, 3.63) is 42.0 Å². The molecule has 1 N–H and O–H groups in total. The highest BCUT2D eigenvalue weighted by molar-refractivity contribution is 7.22. The van der Waals surface area contributed by atoms with Gasteiger partial charge in [0.05, 0.1) is 15.9 Å². The van der Waals surface area contributed by atoms with Gasteiger partial charge in [-0.25, -0.2) is 9.37 Å². The summed E-state index contributed by atoms with van der Waals surface area (Å²) >= 11 is 1.46. The van der Waals surface area contributed by atoms with Gasteiger partial charge in [-0.15, -0.1) is 0 Å². The van der Waals surface area contributed by atoms with Crippen LogP contribution >= 0.6 is 11.3 Å². The number of rotatable bonds is 4. The number of benzene rings is 1. The number of thiazole rings is 1. The molecule has 3 aromatic rings. The zero-order valence-electron chi connectivity index (χ0n) is 10.4. The van der Waals surface area contributed by atoms with Gasteiger partial charge >= 0.3 is 0 Å². The highest BCUT2D eigenvalue weighted by Gasteiger charge is 2.04. The quantitative estimate of drug-likeness (QED) is 0.797. The molecular weight excluding hydrogens is 263 g/mol. The van der Waals surface area contributed by atoms with Crippen LogP contribution in [0.5, 0.6) is 0 Å². The molecule has 0 unspecified atom stereocenters. The van der Waals surface area contributed by atoms with Crippen LogP contribution in [0.25, 0.3) is 10.2 Å². The van der Waals surface area contributed by atoms with Crippen LogP contribution in [0.1, 0.15) is 5.69 Å². The third-order valence-electron chi connectivity index (χ3n) is 2.78. The van der Waals surface area contributed by atoms with Gasteiger partial charge in [0.25, 0.3) is 0 Å². The Kier molecular flexibility index (Phi) is 3.16. The molecule has 98 valence electrons. The summed E-state index contributed by atoms with van der Waals surface area (Å²) in [7, 11) is 1.90. The van der Waals surface area contributed by atoms with Gasteiger partial charge in [-0.05, 0) is 24.3 Å². The first kappa shape index (κ1) is 12.1. The van der Waals surface area contributed by atoms with Crippen LogP contribution in [0.15, 0.2) is 30.5 Å². The second-order valence-electron chi connectivity index (χ2n) is 4.29. The molecule has 0 aliphatic rings. The van der Waals surface area contributed by atoms with Crippen LogP contribution in [-0.4, -0.2) is 21.3 Å². The number of aryl methyl sites for hydroxylation is 1. The molecule has 3 rings (SSSR count). The second-order valence-corrected chi connectivity index (χ2v) is 5.32. The number of nitrogens with zero attached hydrogens (tertiary/aromatic N) is 3. The van der Waals surface area contributed by atoms with E-state index in [2.05, 4.69) is 15.4 Å². The van der Waals surface area contributed by atoms with E-state index in [9.17, 15) is 4.39 Å². The third-order valence-corrected chi connectivity index (χ3v) is 3.75. The second kappa shape index (κ2) is 4.97. The van der Waals surface area contributed by atoms with E-state index in [1.165, 1.54) is 23.5 Å². The standard InChI is InChI=1S/C13H13FN4S/c1-18-7-5-10(17-18)4-6-15-13-16-11-3-2-9(14)8-12(11)19-13/h2-3,5,7-8H,4,6H2,1H3,(H,15,16). The molecule has 19 heavy (non-hydrogen) atoms. The molecule has 4 nitrogen and oxygen atoms in total. The largest absolute Gasteiger partial charge is 0.361 e. The summed E-state index contributed by atoms with van der Waals surface area (Å²) in [5.41, 5.74) is 1.87. The first-order chi connectivity index (χ1) is 9.20. The molecule has 2 heterocycles. The Labute approximate surface area is 113 Å². The molecule has 0 radical (unpaired) electrons. The van der Waals surface area contributed by atoms with E-state index in [4.69, 9.17) is 0 Å². The van der Waals surface area contributed by atoms with Gasteiger partial charge in [-0.1, -0.05) is 11.3 Å². The van der Waals surface area contributed by atoms with Gasteiger partial charge in [0.2, 0.25) is 0 Å². The van der Waals surface area contributed by atoms with Crippen molar-refractivity contribution in [3.63, 3.8) is 0 Å². The van der Waals surface area contributed by atoms with Crippen LogP contribution in [0.2, 0.25) is 0 Å². The zero-order valence-corrected chi connectivity index (χ0v) is 11.2. The first-order valence-electron chi connectivity index (χ1n) is 5.99. The monoisotopic (exact) mass is 276 g/mol. The lowest BCUT2D eigenvalue weighted by Crippen LogP contribution is -2.05. The van der Waals surface area contributed by atoms with Gasteiger partial charge in [0.15, 0.2) is 5.13 Å². The summed E-state index contributed by atoms with van der Waals surface area (Å²) in [6.07, 6.45) is 2.76. The number of hydrogen-bond donors (Lipinski definition) is 1. The number of anilines is 1. The summed E-state index contributed by atoms with van der Waals surface area (Å²) < 4.78 is 15.7. The lowest BCUT2D eigenvalue weighted by molar-refractivity contribution is 0.630. The minimum atomic E-state index is -0.226. The molecule has 0 saturated carbocycles. The molecule has 2 aromatic heterocycles. The number of nitrogens with one attached hydrogen (secondary N) is 1. The van der Waals surface area contributed by atoms with Crippen molar-refractivity contribution in [2.24, 2.45) is 7.05 Å². The molecule has 0 aliphatic heterocycles. The van der Waals surface area contributed by atoms with E-state index in [1.807, 2.05) is 19.3 Å². The highest BCUT2D eigenvalue weighted by Crippen LogP contribution is 2.26. The van der Waals surface area contributed by atoms with Gasteiger partial charge in [-0.2, -0.15) is 5.10 Å². The van der Waals surface area contributed by atoms with Crippen molar-refractivity contribution in [1.82, 2.24) is 14.8 Å². The number of hydrogen-bond acceptors (Lipinski definition) is 4. The summed E-state index contributed by atoms with van der Waals surface area (Å²) in [6.45, 7) is 0.763. The Balaban J connectivity index is 1.65. The maximum absolute atomic E-state index is 13.1. The molecule has 1 aromatic carbocycles. The Morgan fingerprint density at radius 3 is 3.05 bits per heavy atom. The van der Waals surface area contributed by atoms with E-state index in [0.717, 1.165) is 34.0 Å². The Morgan fingerprint density at radius 1 is 1.37 bits per heavy atom. The van der Waals surface area contributed by atoms with E-state index >= 15 is 0 Å². The predicted octanol–water partition coefficient (Wildman–Crippen LogP) is 2.82. The molecule has 0 atom stereocenters. The van der Waals surface area contributed by atoms with Crippen LogP contribution in [-0.2, 0) is 13.5 Å². The summed E-state index contributed by atoms with van der Waals surface area (Å²) in [6, 6.07) is 6.64. The van der Waals surface area contributed by atoms with Crippen molar-refractivity contribution in [2.45, 2.75) is 6.42 Å². The molecule has 0 aliphatic carbocycles. The maximum Gasteiger partial charge on any atom is 0.183 e. The summed E-state index contributed by atoms with van der Waals surface area (Å²) in [5, 5.41) is 8.37.